The maximum absolute atomic E-state index is 12.9. The number of alkyl halides is 2. The van der Waals surface area contributed by atoms with Crippen molar-refractivity contribution in [1.29, 1.82) is 0 Å². The first kappa shape index (κ1) is 7.88. The lowest BCUT2D eigenvalue weighted by Gasteiger charge is -2.27. The molecule has 1 rings (SSSR count). The highest BCUT2D eigenvalue weighted by atomic mass is 19.3. The summed E-state index contributed by atoms with van der Waals surface area (Å²) in [5.41, 5.74) is 4.19. The summed E-state index contributed by atoms with van der Waals surface area (Å²) in [4.78, 5) is 0. The van der Waals surface area contributed by atoms with Crippen LogP contribution in [0.5, 0.6) is 0 Å². The van der Waals surface area contributed by atoms with E-state index in [1.165, 1.54) is 6.92 Å². The van der Waals surface area contributed by atoms with Gasteiger partial charge >= 0.3 is 0 Å². The zero-order valence-electron chi connectivity index (χ0n) is 5.95. The van der Waals surface area contributed by atoms with Crippen LogP contribution in [0.3, 0.4) is 0 Å². The Morgan fingerprint density at radius 1 is 1.50 bits per heavy atom. The molecule has 0 aromatic rings. The monoisotopic (exact) mass is 150 g/mol. The Balaban J connectivity index is 2.76. The molecule has 2 nitrogen and oxygen atoms in total. The molecule has 0 aliphatic carbocycles. The molecule has 1 unspecified atom stereocenters. The van der Waals surface area contributed by atoms with Gasteiger partial charge in [-0.1, -0.05) is 6.92 Å². The first-order valence-corrected chi connectivity index (χ1v) is 3.30. The van der Waals surface area contributed by atoms with Crippen molar-refractivity contribution >= 4 is 0 Å². The highest BCUT2D eigenvalue weighted by molar-refractivity contribution is 4.98. The summed E-state index contributed by atoms with van der Waals surface area (Å²) < 4.78 is 25.7. The van der Waals surface area contributed by atoms with Crippen molar-refractivity contribution in [2.45, 2.75) is 12.8 Å². The lowest BCUT2D eigenvalue weighted by atomic mass is 9.87. The predicted octanol–water partition coefficient (Wildman–Crippen LogP) is 0.190. The van der Waals surface area contributed by atoms with Crippen LogP contribution in [-0.2, 0) is 0 Å². The number of nitrogens with one attached hydrogen (secondary N) is 1. The van der Waals surface area contributed by atoms with E-state index >= 15 is 0 Å². The Morgan fingerprint density at radius 2 is 2.10 bits per heavy atom. The van der Waals surface area contributed by atoms with Gasteiger partial charge in [-0.2, -0.15) is 0 Å². The second kappa shape index (κ2) is 2.13. The van der Waals surface area contributed by atoms with Crippen molar-refractivity contribution in [3.05, 3.63) is 0 Å². The fourth-order valence-electron chi connectivity index (χ4n) is 1.06. The van der Waals surface area contributed by atoms with Crippen molar-refractivity contribution in [1.82, 2.24) is 5.32 Å². The molecular weight excluding hydrogens is 138 g/mol. The molecule has 0 aromatic heterocycles. The van der Waals surface area contributed by atoms with E-state index in [0.717, 1.165) is 0 Å². The summed E-state index contributed by atoms with van der Waals surface area (Å²) in [7, 11) is 0. The molecule has 1 fully saturated rings. The third-order valence-corrected chi connectivity index (χ3v) is 2.20. The maximum atomic E-state index is 12.9. The molecule has 1 aliphatic heterocycles. The van der Waals surface area contributed by atoms with E-state index < -0.39 is 11.3 Å². The minimum atomic E-state index is -2.64. The van der Waals surface area contributed by atoms with Gasteiger partial charge in [-0.25, -0.2) is 8.78 Å². The zero-order chi connectivity index (χ0) is 7.83. The Bertz CT molecular complexity index is 138. The summed E-state index contributed by atoms with van der Waals surface area (Å²) in [5.74, 6) is -2.64. The standard InChI is InChI=1S/C6H12F2N2/c1-5(2-9)3-10-4-6(5,7)8/h10H,2-4,9H2,1H3. The van der Waals surface area contributed by atoms with Crippen molar-refractivity contribution in [2.75, 3.05) is 19.6 Å². The van der Waals surface area contributed by atoms with Gasteiger partial charge in [0, 0.05) is 13.1 Å². The molecule has 0 saturated carbocycles. The van der Waals surface area contributed by atoms with Crippen LogP contribution in [0.1, 0.15) is 6.92 Å². The van der Waals surface area contributed by atoms with Gasteiger partial charge < -0.3 is 11.1 Å². The quantitative estimate of drug-likeness (QED) is 0.560. The highest BCUT2D eigenvalue weighted by Gasteiger charge is 2.52. The van der Waals surface area contributed by atoms with Gasteiger partial charge in [0.25, 0.3) is 5.92 Å². The van der Waals surface area contributed by atoms with Crippen molar-refractivity contribution in [2.24, 2.45) is 11.1 Å². The molecule has 1 saturated heterocycles. The third kappa shape index (κ3) is 0.914. The van der Waals surface area contributed by atoms with Crippen LogP contribution in [0, 0.1) is 5.41 Å². The van der Waals surface area contributed by atoms with E-state index in [1.807, 2.05) is 0 Å². The van der Waals surface area contributed by atoms with Crippen LogP contribution < -0.4 is 11.1 Å². The normalized spacial score (nSPS) is 38.4. The minimum Gasteiger partial charge on any atom is -0.330 e. The molecule has 60 valence electrons. The first-order chi connectivity index (χ1) is 4.52. The fourth-order valence-corrected chi connectivity index (χ4v) is 1.06. The predicted molar refractivity (Wildman–Crippen MR) is 35.0 cm³/mol. The Morgan fingerprint density at radius 3 is 2.30 bits per heavy atom. The molecule has 0 bridgehead atoms. The molecule has 10 heavy (non-hydrogen) atoms. The van der Waals surface area contributed by atoms with E-state index in [2.05, 4.69) is 5.32 Å². The van der Waals surface area contributed by atoms with Gasteiger partial charge in [0.15, 0.2) is 0 Å². The molecule has 0 spiro atoms. The van der Waals surface area contributed by atoms with Gasteiger partial charge in [0.2, 0.25) is 0 Å². The smallest absolute Gasteiger partial charge is 0.267 e. The van der Waals surface area contributed by atoms with Crippen LogP contribution in [0.4, 0.5) is 8.78 Å². The lowest BCUT2D eigenvalue weighted by molar-refractivity contribution is -0.0691. The van der Waals surface area contributed by atoms with E-state index in [-0.39, 0.29) is 13.1 Å². The van der Waals surface area contributed by atoms with Gasteiger partial charge in [-0.15, -0.1) is 0 Å². The maximum Gasteiger partial charge on any atom is 0.267 e. The van der Waals surface area contributed by atoms with Crippen LogP contribution >= 0.6 is 0 Å². The van der Waals surface area contributed by atoms with Gasteiger partial charge in [0.1, 0.15) is 0 Å². The van der Waals surface area contributed by atoms with Crippen molar-refractivity contribution < 1.29 is 8.78 Å². The van der Waals surface area contributed by atoms with E-state index in [9.17, 15) is 8.78 Å². The largest absolute Gasteiger partial charge is 0.330 e. The number of hydrogen-bond acceptors (Lipinski definition) is 2. The molecule has 0 aromatic carbocycles. The molecular formula is C6H12F2N2. The lowest BCUT2D eigenvalue weighted by Crippen LogP contribution is -2.43. The van der Waals surface area contributed by atoms with Crippen LogP contribution in [0.25, 0.3) is 0 Å². The van der Waals surface area contributed by atoms with E-state index in [1.54, 1.807) is 0 Å². The topological polar surface area (TPSA) is 38.0 Å². The van der Waals surface area contributed by atoms with Crippen LogP contribution in [-0.4, -0.2) is 25.6 Å². The summed E-state index contributed by atoms with van der Waals surface area (Å²) in [6, 6.07) is 0. The van der Waals surface area contributed by atoms with Crippen LogP contribution in [0.15, 0.2) is 0 Å². The molecule has 1 aliphatic rings. The van der Waals surface area contributed by atoms with Gasteiger partial charge in [-0.05, 0) is 0 Å². The second-order valence-corrected chi connectivity index (χ2v) is 3.07. The summed E-state index contributed by atoms with van der Waals surface area (Å²) in [5, 5.41) is 2.62. The Hall–Kier alpha value is -0.220. The first-order valence-electron chi connectivity index (χ1n) is 3.30. The third-order valence-electron chi connectivity index (χ3n) is 2.20. The summed E-state index contributed by atoms with van der Waals surface area (Å²) in [6.45, 7) is 1.62. The Labute approximate surface area is 58.8 Å². The minimum absolute atomic E-state index is 0.0347. The second-order valence-electron chi connectivity index (χ2n) is 3.07. The SMILES string of the molecule is CC1(CN)CNCC1(F)F. The zero-order valence-corrected chi connectivity index (χ0v) is 5.95. The summed E-state index contributed by atoms with van der Waals surface area (Å²) >= 11 is 0. The molecule has 3 N–H and O–H groups in total. The molecule has 0 radical (unpaired) electrons. The van der Waals surface area contributed by atoms with Crippen LogP contribution in [0.2, 0.25) is 0 Å². The molecule has 1 heterocycles. The average molecular weight is 150 g/mol. The van der Waals surface area contributed by atoms with Gasteiger partial charge in [-0.3, -0.25) is 0 Å². The molecule has 1 atom stereocenters. The fraction of sp³-hybridized carbons (Fsp3) is 1.00. The van der Waals surface area contributed by atoms with E-state index in [4.69, 9.17) is 5.73 Å². The Kier molecular flexibility index (Phi) is 1.68. The summed E-state index contributed by atoms with van der Waals surface area (Å²) in [6.07, 6.45) is 0. The van der Waals surface area contributed by atoms with Crippen molar-refractivity contribution in [3.8, 4) is 0 Å². The molecule has 4 heteroatoms. The number of rotatable bonds is 1. The number of nitrogens with two attached hydrogens (primary N) is 1. The highest BCUT2D eigenvalue weighted by Crippen LogP contribution is 2.38. The van der Waals surface area contributed by atoms with E-state index in [0.29, 0.717) is 6.54 Å². The number of halogens is 2. The average Bonchev–Trinajstić information content (AvgIpc) is 2.10. The number of hydrogen-bond donors (Lipinski definition) is 2. The molecule has 0 amide bonds. The van der Waals surface area contributed by atoms with Crippen molar-refractivity contribution in [3.63, 3.8) is 0 Å². The van der Waals surface area contributed by atoms with Gasteiger partial charge in [0.05, 0.1) is 12.0 Å².